The lowest BCUT2D eigenvalue weighted by Crippen LogP contribution is -2.44. The van der Waals surface area contributed by atoms with Crippen molar-refractivity contribution >= 4 is 17.7 Å². The quantitative estimate of drug-likeness (QED) is 0.685. The fraction of sp³-hybridized carbons (Fsp3) is 0.875. The van der Waals surface area contributed by atoms with Gasteiger partial charge in [-0.15, -0.1) is 0 Å². The van der Waals surface area contributed by atoms with Crippen LogP contribution in [0.25, 0.3) is 0 Å². The second-order valence-corrected chi connectivity index (χ2v) is 4.53. The minimum Gasteiger partial charge on any atom is -0.480 e. The predicted octanol–water partition coefficient (Wildman–Crippen LogP) is 1.18. The molecule has 0 aromatic heterocycles. The zero-order valence-corrected chi connectivity index (χ0v) is 8.65. The van der Waals surface area contributed by atoms with Crippen molar-refractivity contribution in [3.63, 3.8) is 0 Å². The smallest absolute Gasteiger partial charge is 0.321 e. The summed E-state index contributed by atoms with van der Waals surface area (Å²) in [4.78, 5) is 10.6. The molecule has 0 aromatic rings. The Morgan fingerprint density at radius 3 is 2.50 bits per heavy atom. The van der Waals surface area contributed by atoms with Crippen molar-refractivity contribution in [1.29, 1.82) is 0 Å². The Morgan fingerprint density at radius 1 is 1.67 bits per heavy atom. The third-order valence-electron chi connectivity index (χ3n) is 2.06. The number of rotatable bonds is 5. The summed E-state index contributed by atoms with van der Waals surface area (Å²) < 4.78 is 0. The Morgan fingerprint density at radius 2 is 2.17 bits per heavy atom. The largest absolute Gasteiger partial charge is 0.480 e. The van der Waals surface area contributed by atoms with Crippen LogP contribution in [0.2, 0.25) is 0 Å². The molecule has 0 aliphatic heterocycles. The molecule has 0 saturated heterocycles. The van der Waals surface area contributed by atoms with Crippen LogP contribution in [-0.2, 0) is 4.79 Å². The predicted molar refractivity (Wildman–Crippen MR) is 52.4 cm³/mol. The highest BCUT2D eigenvalue weighted by Gasteiger charge is 2.31. The second kappa shape index (κ2) is 4.72. The molecule has 3 N–H and O–H groups in total. The summed E-state index contributed by atoms with van der Waals surface area (Å²) >= 11 is 1.71. The van der Waals surface area contributed by atoms with E-state index >= 15 is 0 Å². The van der Waals surface area contributed by atoms with E-state index in [4.69, 9.17) is 10.8 Å². The molecule has 0 amide bonds. The van der Waals surface area contributed by atoms with E-state index in [1.54, 1.807) is 11.8 Å². The van der Waals surface area contributed by atoms with E-state index in [0.717, 1.165) is 12.2 Å². The molecule has 0 aromatic carbocycles. The molecule has 0 aliphatic carbocycles. The molecule has 3 nitrogen and oxygen atoms in total. The first-order valence-electron chi connectivity index (χ1n) is 3.89. The minimum absolute atomic E-state index is 0.311. The van der Waals surface area contributed by atoms with Gasteiger partial charge >= 0.3 is 5.97 Å². The number of hydrogen-bond donors (Lipinski definition) is 2. The van der Waals surface area contributed by atoms with E-state index in [2.05, 4.69) is 0 Å². The van der Waals surface area contributed by atoms with Crippen LogP contribution in [-0.4, -0.2) is 29.1 Å². The van der Waals surface area contributed by atoms with Crippen LogP contribution in [0.1, 0.15) is 20.3 Å². The van der Waals surface area contributed by atoms with Gasteiger partial charge in [0.25, 0.3) is 0 Å². The minimum atomic E-state index is -0.916. The van der Waals surface area contributed by atoms with E-state index in [-0.39, 0.29) is 5.41 Å². The molecule has 0 aliphatic rings. The number of carboxylic acids is 1. The average Bonchev–Trinajstić information content (AvgIpc) is 1.99. The molecule has 0 saturated carbocycles. The number of thioether (sulfide) groups is 1. The van der Waals surface area contributed by atoms with E-state index in [1.807, 2.05) is 20.1 Å². The van der Waals surface area contributed by atoms with Gasteiger partial charge in [0.1, 0.15) is 6.04 Å². The Labute approximate surface area is 77.7 Å². The fourth-order valence-corrected chi connectivity index (χ4v) is 1.59. The Kier molecular flexibility index (Phi) is 4.63. The molecule has 0 bridgehead atoms. The van der Waals surface area contributed by atoms with E-state index in [9.17, 15) is 4.79 Å². The van der Waals surface area contributed by atoms with Crippen molar-refractivity contribution in [3.05, 3.63) is 0 Å². The average molecular weight is 191 g/mol. The third kappa shape index (κ3) is 3.45. The maximum absolute atomic E-state index is 10.6. The molecular weight excluding hydrogens is 174 g/mol. The lowest BCUT2D eigenvalue weighted by atomic mass is 9.82. The Hall–Kier alpha value is -0.220. The number of nitrogens with two attached hydrogens (primary N) is 1. The molecule has 0 radical (unpaired) electrons. The van der Waals surface area contributed by atoms with Crippen LogP contribution >= 0.6 is 11.8 Å². The van der Waals surface area contributed by atoms with Crippen LogP contribution in [0.15, 0.2) is 0 Å². The summed E-state index contributed by atoms with van der Waals surface area (Å²) in [6.45, 7) is 3.78. The molecule has 12 heavy (non-hydrogen) atoms. The van der Waals surface area contributed by atoms with Crippen molar-refractivity contribution in [2.75, 3.05) is 12.0 Å². The van der Waals surface area contributed by atoms with Gasteiger partial charge in [0, 0.05) is 0 Å². The first kappa shape index (κ1) is 11.8. The fourth-order valence-electron chi connectivity index (χ4n) is 0.855. The van der Waals surface area contributed by atoms with Gasteiger partial charge in [-0.05, 0) is 23.8 Å². The first-order chi connectivity index (χ1) is 5.41. The zero-order chi connectivity index (χ0) is 9.78. The van der Waals surface area contributed by atoms with E-state index in [1.165, 1.54) is 0 Å². The van der Waals surface area contributed by atoms with E-state index < -0.39 is 12.0 Å². The summed E-state index contributed by atoms with van der Waals surface area (Å²) in [7, 11) is 0. The van der Waals surface area contributed by atoms with Gasteiger partial charge < -0.3 is 10.8 Å². The van der Waals surface area contributed by atoms with Gasteiger partial charge in [-0.2, -0.15) is 11.8 Å². The summed E-state index contributed by atoms with van der Waals surface area (Å²) in [5.74, 6) is 0.0367. The van der Waals surface area contributed by atoms with Gasteiger partial charge in [-0.3, -0.25) is 4.79 Å². The molecule has 0 heterocycles. The van der Waals surface area contributed by atoms with Crippen LogP contribution in [0.3, 0.4) is 0 Å². The highest BCUT2D eigenvalue weighted by molar-refractivity contribution is 7.98. The molecule has 72 valence electrons. The van der Waals surface area contributed by atoms with Crippen LogP contribution in [0.4, 0.5) is 0 Å². The van der Waals surface area contributed by atoms with Crippen LogP contribution in [0.5, 0.6) is 0 Å². The Balaban J connectivity index is 4.08. The third-order valence-corrected chi connectivity index (χ3v) is 2.67. The van der Waals surface area contributed by atoms with Crippen LogP contribution in [0, 0.1) is 5.41 Å². The molecule has 4 heteroatoms. The van der Waals surface area contributed by atoms with Crippen molar-refractivity contribution in [2.45, 2.75) is 26.3 Å². The van der Waals surface area contributed by atoms with Crippen molar-refractivity contribution in [1.82, 2.24) is 0 Å². The normalized spacial score (nSPS) is 14.3. The number of aliphatic carboxylic acids is 1. The first-order valence-corrected chi connectivity index (χ1v) is 5.28. The summed E-state index contributed by atoms with van der Waals surface area (Å²) in [5, 5.41) is 8.69. The molecule has 0 rings (SSSR count). The molecule has 1 unspecified atom stereocenters. The standard InChI is InChI=1S/C8H17NO2S/c1-8(2,4-5-12-3)6(9)7(10)11/h6H,4-5,9H2,1-3H3,(H,10,11). The topological polar surface area (TPSA) is 63.3 Å². The van der Waals surface area contributed by atoms with Gasteiger partial charge in [-0.25, -0.2) is 0 Å². The van der Waals surface area contributed by atoms with Gasteiger partial charge in [0.05, 0.1) is 0 Å². The zero-order valence-electron chi connectivity index (χ0n) is 7.83. The summed E-state index contributed by atoms with van der Waals surface area (Å²) in [5.41, 5.74) is 5.22. The second-order valence-electron chi connectivity index (χ2n) is 3.55. The maximum Gasteiger partial charge on any atom is 0.321 e. The van der Waals surface area contributed by atoms with Gasteiger partial charge in [0.15, 0.2) is 0 Å². The summed E-state index contributed by atoms with van der Waals surface area (Å²) in [6.07, 6.45) is 2.84. The van der Waals surface area contributed by atoms with Gasteiger partial charge in [-0.1, -0.05) is 13.8 Å². The lowest BCUT2D eigenvalue weighted by Gasteiger charge is -2.28. The highest BCUT2D eigenvalue weighted by atomic mass is 32.2. The van der Waals surface area contributed by atoms with Crippen molar-refractivity contribution in [2.24, 2.45) is 11.1 Å². The number of hydrogen-bond acceptors (Lipinski definition) is 3. The van der Waals surface area contributed by atoms with Gasteiger partial charge in [0.2, 0.25) is 0 Å². The molecule has 1 atom stereocenters. The maximum atomic E-state index is 10.6. The number of carbonyl (C=O) groups is 1. The molecule has 0 spiro atoms. The van der Waals surface area contributed by atoms with Crippen molar-refractivity contribution < 1.29 is 9.90 Å². The number of carboxylic acid groups (broad SMARTS) is 1. The monoisotopic (exact) mass is 191 g/mol. The lowest BCUT2D eigenvalue weighted by molar-refractivity contribution is -0.141. The van der Waals surface area contributed by atoms with Crippen LogP contribution < -0.4 is 5.73 Å². The SMILES string of the molecule is CSCCC(C)(C)C(N)C(=O)O. The molecule has 0 fully saturated rings. The van der Waals surface area contributed by atoms with Crippen molar-refractivity contribution in [3.8, 4) is 0 Å². The molecular formula is C8H17NO2S. The Bertz CT molecular complexity index is 159. The van der Waals surface area contributed by atoms with E-state index in [0.29, 0.717) is 0 Å². The highest BCUT2D eigenvalue weighted by Crippen LogP contribution is 2.25. The summed E-state index contributed by atoms with van der Waals surface area (Å²) in [6, 6.07) is -0.760.